The summed E-state index contributed by atoms with van der Waals surface area (Å²) in [5, 5.41) is 0. The summed E-state index contributed by atoms with van der Waals surface area (Å²) >= 11 is 0. The molecule has 0 fully saturated rings. The van der Waals surface area contributed by atoms with Crippen molar-refractivity contribution in [2.75, 3.05) is 22.8 Å². The molecule has 0 spiro atoms. The molecule has 1 aliphatic heterocycles. The van der Waals surface area contributed by atoms with Gasteiger partial charge in [-0.15, -0.1) is 0 Å². The molecule has 3 aromatic rings. The molecule has 3 aromatic carbocycles. The summed E-state index contributed by atoms with van der Waals surface area (Å²) in [6.07, 6.45) is 0. The monoisotopic (exact) mass is 410 g/mol. The first-order chi connectivity index (χ1) is 14.0. The largest absolute Gasteiger partial charge is 0.497 e. The van der Waals surface area contributed by atoms with Crippen molar-refractivity contribution in [1.82, 2.24) is 0 Å². The summed E-state index contributed by atoms with van der Waals surface area (Å²) in [6.45, 7) is 0.455. The van der Waals surface area contributed by atoms with Crippen molar-refractivity contribution < 1.29 is 17.9 Å². The minimum atomic E-state index is -3.74. The highest BCUT2D eigenvalue weighted by atomic mass is 32.2. The summed E-state index contributed by atoms with van der Waals surface area (Å²) in [5.41, 5.74) is 3.04. The Labute approximate surface area is 171 Å². The van der Waals surface area contributed by atoms with Crippen LogP contribution in [0.3, 0.4) is 0 Å². The molecule has 0 radical (unpaired) electrons. The Morgan fingerprint density at radius 3 is 1.55 bits per heavy atom. The molecule has 0 amide bonds. The molecule has 150 valence electrons. The van der Waals surface area contributed by atoms with E-state index < -0.39 is 10.2 Å². The second-order valence-corrected chi connectivity index (χ2v) is 8.49. The highest BCUT2D eigenvalue weighted by molar-refractivity contribution is 7.94. The van der Waals surface area contributed by atoms with Gasteiger partial charge in [0.05, 0.1) is 38.7 Å². The predicted molar refractivity (Wildman–Crippen MR) is 114 cm³/mol. The van der Waals surface area contributed by atoms with Crippen molar-refractivity contribution in [2.24, 2.45) is 0 Å². The summed E-state index contributed by atoms with van der Waals surface area (Å²) in [6, 6.07) is 22.2. The van der Waals surface area contributed by atoms with E-state index in [0.29, 0.717) is 22.9 Å². The minimum Gasteiger partial charge on any atom is -0.497 e. The van der Waals surface area contributed by atoms with Gasteiger partial charge in [-0.3, -0.25) is 0 Å². The minimum absolute atomic E-state index is 0.227. The summed E-state index contributed by atoms with van der Waals surface area (Å²) in [4.78, 5) is 0. The Bertz CT molecular complexity index is 1050. The Kier molecular flexibility index (Phi) is 5.07. The zero-order valence-corrected chi connectivity index (χ0v) is 17.1. The second-order valence-electron chi connectivity index (χ2n) is 6.71. The number of para-hydroxylation sites is 2. The number of nitrogens with zero attached hydrogens (tertiary/aromatic N) is 2. The normalized spacial score (nSPS) is 14.6. The second kappa shape index (κ2) is 7.67. The van der Waals surface area contributed by atoms with E-state index in [1.165, 1.54) is 8.61 Å². The lowest BCUT2D eigenvalue weighted by molar-refractivity contribution is 0.414. The third kappa shape index (κ3) is 3.61. The molecule has 0 atom stereocenters. The maximum atomic E-state index is 13.5. The molecular weight excluding hydrogens is 388 g/mol. The third-order valence-corrected chi connectivity index (χ3v) is 6.66. The van der Waals surface area contributed by atoms with Crippen LogP contribution in [-0.2, 0) is 23.3 Å². The Morgan fingerprint density at radius 2 is 1.14 bits per heavy atom. The molecule has 0 unspecified atom stereocenters. The van der Waals surface area contributed by atoms with E-state index in [4.69, 9.17) is 9.47 Å². The zero-order valence-electron chi connectivity index (χ0n) is 16.3. The van der Waals surface area contributed by atoms with Crippen LogP contribution in [0.4, 0.5) is 11.4 Å². The first-order valence-corrected chi connectivity index (χ1v) is 10.6. The van der Waals surface area contributed by atoms with Crippen molar-refractivity contribution >= 4 is 21.6 Å². The van der Waals surface area contributed by atoms with E-state index in [1.54, 1.807) is 14.2 Å². The number of benzene rings is 3. The number of ether oxygens (including phenoxy) is 2. The molecule has 0 saturated carbocycles. The van der Waals surface area contributed by atoms with Crippen molar-refractivity contribution in [3.63, 3.8) is 0 Å². The maximum Gasteiger partial charge on any atom is 0.327 e. The highest BCUT2D eigenvalue weighted by Gasteiger charge is 2.40. The third-order valence-electron chi connectivity index (χ3n) is 4.90. The van der Waals surface area contributed by atoms with Gasteiger partial charge >= 0.3 is 10.2 Å². The summed E-state index contributed by atoms with van der Waals surface area (Å²) in [5.74, 6) is 1.39. The molecular formula is C22H22N2O4S. The maximum absolute atomic E-state index is 13.5. The highest BCUT2D eigenvalue weighted by Crippen LogP contribution is 2.42. The average Bonchev–Trinajstić information content (AvgIpc) is 2.95. The van der Waals surface area contributed by atoms with Crippen LogP contribution in [0.2, 0.25) is 0 Å². The van der Waals surface area contributed by atoms with Crippen LogP contribution in [0.5, 0.6) is 11.5 Å². The van der Waals surface area contributed by atoms with Crippen LogP contribution in [0.15, 0.2) is 72.8 Å². The van der Waals surface area contributed by atoms with Gasteiger partial charge in [-0.05, 0) is 47.5 Å². The van der Waals surface area contributed by atoms with E-state index in [2.05, 4.69) is 0 Å². The van der Waals surface area contributed by atoms with Crippen molar-refractivity contribution in [3.05, 3.63) is 83.9 Å². The summed E-state index contributed by atoms with van der Waals surface area (Å²) in [7, 11) is -0.549. The van der Waals surface area contributed by atoms with Gasteiger partial charge in [0.25, 0.3) is 0 Å². The number of fused-ring (bicyclic) bond motifs is 1. The fourth-order valence-corrected chi connectivity index (χ4v) is 5.13. The van der Waals surface area contributed by atoms with Crippen molar-refractivity contribution in [1.29, 1.82) is 0 Å². The number of anilines is 2. The number of rotatable bonds is 6. The fourth-order valence-electron chi connectivity index (χ4n) is 3.46. The topological polar surface area (TPSA) is 59.1 Å². The van der Waals surface area contributed by atoms with E-state index in [-0.39, 0.29) is 13.1 Å². The first-order valence-electron chi connectivity index (χ1n) is 9.18. The van der Waals surface area contributed by atoms with Gasteiger partial charge in [0.15, 0.2) is 0 Å². The Morgan fingerprint density at radius 1 is 0.690 bits per heavy atom. The molecule has 0 aromatic heterocycles. The van der Waals surface area contributed by atoms with Gasteiger partial charge in [0.1, 0.15) is 11.5 Å². The SMILES string of the molecule is COc1cccc(CN2c3ccccc3N(Cc3cccc(OC)c3)S2(=O)=O)c1. The molecule has 0 aliphatic carbocycles. The number of hydrogen-bond donors (Lipinski definition) is 0. The lowest BCUT2D eigenvalue weighted by atomic mass is 10.2. The summed E-state index contributed by atoms with van der Waals surface area (Å²) < 4.78 is 40.3. The van der Waals surface area contributed by atoms with Crippen molar-refractivity contribution in [2.45, 2.75) is 13.1 Å². The Balaban J connectivity index is 1.70. The predicted octanol–water partition coefficient (Wildman–Crippen LogP) is 3.98. The van der Waals surface area contributed by atoms with E-state index >= 15 is 0 Å². The van der Waals surface area contributed by atoms with E-state index in [9.17, 15) is 8.42 Å². The van der Waals surface area contributed by atoms with Gasteiger partial charge in [-0.2, -0.15) is 8.42 Å². The first kappa shape index (κ1) is 19.1. The average molecular weight is 410 g/mol. The molecule has 0 bridgehead atoms. The van der Waals surface area contributed by atoms with Gasteiger partial charge in [0, 0.05) is 0 Å². The molecule has 0 saturated heterocycles. The van der Waals surface area contributed by atoms with Gasteiger partial charge in [0.2, 0.25) is 0 Å². The van der Waals surface area contributed by atoms with Gasteiger partial charge in [-0.25, -0.2) is 8.61 Å². The smallest absolute Gasteiger partial charge is 0.327 e. The molecule has 7 heteroatoms. The van der Waals surface area contributed by atoms with Crippen LogP contribution in [0.25, 0.3) is 0 Å². The Hall–Kier alpha value is -3.19. The quantitative estimate of drug-likeness (QED) is 0.617. The van der Waals surface area contributed by atoms with Crippen LogP contribution >= 0.6 is 0 Å². The zero-order chi connectivity index (χ0) is 20.4. The molecule has 4 rings (SSSR count). The van der Waals surface area contributed by atoms with Gasteiger partial charge in [-0.1, -0.05) is 36.4 Å². The molecule has 0 N–H and O–H groups in total. The van der Waals surface area contributed by atoms with E-state index in [0.717, 1.165) is 11.1 Å². The van der Waals surface area contributed by atoms with Crippen LogP contribution < -0.4 is 18.1 Å². The van der Waals surface area contributed by atoms with Crippen LogP contribution in [0.1, 0.15) is 11.1 Å². The van der Waals surface area contributed by atoms with E-state index in [1.807, 2.05) is 72.8 Å². The molecule has 6 nitrogen and oxygen atoms in total. The molecule has 1 aliphatic rings. The lowest BCUT2D eigenvalue weighted by Gasteiger charge is -2.22. The lowest BCUT2D eigenvalue weighted by Crippen LogP contribution is -2.37. The van der Waals surface area contributed by atoms with Crippen molar-refractivity contribution in [3.8, 4) is 11.5 Å². The number of methoxy groups -OCH3 is 2. The fraction of sp³-hybridized carbons (Fsp3) is 0.182. The van der Waals surface area contributed by atoms with Crippen LogP contribution in [-0.4, -0.2) is 22.6 Å². The molecule has 1 heterocycles. The molecule has 29 heavy (non-hydrogen) atoms. The number of hydrogen-bond acceptors (Lipinski definition) is 4. The van der Waals surface area contributed by atoms with Crippen LogP contribution in [0, 0.1) is 0 Å². The van der Waals surface area contributed by atoms with Gasteiger partial charge < -0.3 is 9.47 Å². The standard InChI is InChI=1S/C22H22N2O4S/c1-27-19-9-5-7-17(13-19)15-23-21-11-3-4-12-22(21)24(29(23,25)26)16-18-8-6-10-20(14-18)28-2/h3-14H,15-16H2,1-2H3.